The summed E-state index contributed by atoms with van der Waals surface area (Å²) in [5, 5.41) is 2.74. The van der Waals surface area contributed by atoms with Crippen LogP contribution in [0.2, 0.25) is 0 Å². The number of carbonyl (C=O) groups excluding carboxylic acids is 1. The van der Waals surface area contributed by atoms with Crippen LogP contribution < -0.4 is 5.32 Å². The van der Waals surface area contributed by atoms with Gasteiger partial charge in [-0.2, -0.15) is 0 Å². The molecule has 94 valence electrons. The summed E-state index contributed by atoms with van der Waals surface area (Å²) in [5.41, 5.74) is 1.85. The summed E-state index contributed by atoms with van der Waals surface area (Å²) in [6.07, 6.45) is 4.08. The van der Waals surface area contributed by atoms with E-state index in [1.165, 1.54) is 12.8 Å². The second-order valence-electron chi connectivity index (χ2n) is 4.14. The number of hydrogen-bond acceptors (Lipinski definition) is 2. The van der Waals surface area contributed by atoms with Crippen molar-refractivity contribution >= 4 is 11.8 Å². The molecule has 0 aliphatic heterocycles. The van der Waals surface area contributed by atoms with E-state index in [1.807, 2.05) is 31.2 Å². The Balaban J connectivity index is 2.23. The second kappa shape index (κ2) is 7.71. The van der Waals surface area contributed by atoms with Crippen molar-refractivity contribution in [2.45, 2.75) is 39.5 Å². The van der Waals surface area contributed by atoms with Crippen molar-refractivity contribution in [1.29, 1.82) is 0 Å². The van der Waals surface area contributed by atoms with Gasteiger partial charge in [-0.05, 0) is 25.0 Å². The molecule has 0 saturated heterocycles. The zero-order valence-corrected chi connectivity index (χ0v) is 10.7. The molecule has 0 spiro atoms. The van der Waals surface area contributed by atoms with Crippen LogP contribution in [-0.4, -0.2) is 12.7 Å². The van der Waals surface area contributed by atoms with Crippen molar-refractivity contribution in [2.75, 3.05) is 11.9 Å². The normalized spacial score (nSPS) is 10.0. The number of nitrogens with one attached hydrogen (secondary N) is 1. The Morgan fingerprint density at radius 3 is 2.71 bits per heavy atom. The average Bonchev–Trinajstić information content (AvgIpc) is 2.32. The third-order valence-corrected chi connectivity index (χ3v) is 2.61. The number of amides is 1. The van der Waals surface area contributed by atoms with Crippen LogP contribution in [-0.2, 0) is 4.74 Å². The Kier molecular flexibility index (Phi) is 6.15. The Labute approximate surface area is 103 Å². The van der Waals surface area contributed by atoms with Crippen LogP contribution in [0.5, 0.6) is 0 Å². The van der Waals surface area contributed by atoms with E-state index in [2.05, 4.69) is 12.2 Å². The summed E-state index contributed by atoms with van der Waals surface area (Å²) in [6, 6.07) is 7.66. The molecule has 0 unspecified atom stereocenters. The maximum Gasteiger partial charge on any atom is 0.411 e. The zero-order valence-electron chi connectivity index (χ0n) is 10.7. The molecule has 17 heavy (non-hydrogen) atoms. The molecule has 1 rings (SSSR count). The first kappa shape index (κ1) is 13.6. The molecule has 0 heterocycles. The van der Waals surface area contributed by atoms with Crippen LogP contribution in [0, 0.1) is 6.92 Å². The van der Waals surface area contributed by atoms with E-state index in [1.54, 1.807) is 0 Å². The monoisotopic (exact) mass is 235 g/mol. The fraction of sp³-hybridized carbons (Fsp3) is 0.500. The van der Waals surface area contributed by atoms with Crippen LogP contribution in [0.25, 0.3) is 0 Å². The molecule has 1 N–H and O–H groups in total. The van der Waals surface area contributed by atoms with Crippen LogP contribution in [0.15, 0.2) is 24.3 Å². The Hall–Kier alpha value is -1.51. The summed E-state index contributed by atoms with van der Waals surface area (Å²) in [4.78, 5) is 11.5. The predicted octanol–water partition coefficient (Wildman–Crippen LogP) is 4.12. The standard InChI is InChI=1S/C14H21NO2/c1-3-4-5-8-11-17-14(16)15-13-10-7-6-9-12(13)2/h6-7,9-10H,3-5,8,11H2,1-2H3,(H,15,16). The van der Waals surface area contributed by atoms with Gasteiger partial charge in [0.2, 0.25) is 0 Å². The number of unbranched alkanes of at least 4 members (excludes halogenated alkanes) is 3. The third kappa shape index (κ3) is 5.38. The van der Waals surface area contributed by atoms with Crippen molar-refractivity contribution in [2.24, 2.45) is 0 Å². The van der Waals surface area contributed by atoms with E-state index in [0.717, 1.165) is 24.1 Å². The highest BCUT2D eigenvalue weighted by Gasteiger charge is 2.04. The first-order valence-electron chi connectivity index (χ1n) is 6.23. The fourth-order valence-electron chi connectivity index (χ4n) is 1.55. The third-order valence-electron chi connectivity index (χ3n) is 2.61. The van der Waals surface area contributed by atoms with Crippen molar-refractivity contribution < 1.29 is 9.53 Å². The summed E-state index contributed by atoms with van der Waals surface area (Å²) in [7, 11) is 0. The van der Waals surface area contributed by atoms with Gasteiger partial charge in [0.25, 0.3) is 0 Å². The van der Waals surface area contributed by atoms with E-state index in [4.69, 9.17) is 4.74 Å². The van der Waals surface area contributed by atoms with Crippen LogP contribution in [0.4, 0.5) is 10.5 Å². The highest BCUT2D eigenvalue weighted by molar-refractivity contribution is 5.85. The van der Waals surface area contributed by atoms with Gasteiger partial charge in [-0.25, -0.2) is 4.79 Å². The molecule has 0 atom stereocenters. The van der Waals surface area contributed by atoms with E-state index in [-0.39, 0.29) is 6.09 Å². The summed E-state index contributed by atoms with van der Waals surface area (Å²) in [5.74, 6) is 0. The number of hydrogen-bond donors (Lipinski definition) is 1. The summed E-state index contributed by atoms with van der Waals surface area (Å²) in [6.45, 7) is 4.61. The largest absolute Gasteiger partial charge is 0.449 e. The molecule has 3 nitrogen and oxygen atoms in total. The van der Waals surface area contributed by atoms with Gasteiger partial charge in [0, 0.05) is 5.69 Å². The quantitative estimate of drug-likeness (QED) is 0.753. The minimum Gasteiger partial charge on any atom is -0.449 e. The van der Waals surface area contributed by atoms with Crippen molar-refractivity contribution in [3.05, 3.63) is 29.8 Å². The second-order valence-corrected chi connectivity index (χ2v) is 4.14. The average molecular weight is 235 g/mol. The predicted molar refractivity (Wildman–Crippen MR) is 70.3 cm³/mol. The Morgan fingerprint density at radius 2 is 2.00 bits per heavy atom. The molecule has 0 aliphatic carbocycles. The molecular weight excluding hydrogens is 214 g/mol. The number of aryl methyl sites for hydroxylation is 1. The molecule has 0 aliphatic rings. The molecule has 0 radical (unpaired) electrons. The number of benzene rings is 1. The van der Waals surface area contributed by atoms with Crippen LogP contribution in [0.1, 0.15) is 38.2 Å². The van der Waals surface area contributed by atoms with Crippen LogP contribution in [0.3, 0.4) is 0 Å². The minimum atomic E-state index is -0.365. The lowest BCUT2D eigenvalue weighted by Gasteiger charge is -2.08. The minimum absolute atomic E-state index is 0.365. The maximum atomic E-state index is 11.5. The SMILES string of the molecule is CCCCCCOC(=O)Nc1ccccc1C. The van der Waals surface area contributed by atoms with E-state index >= 15 is 0 Å². The zero-order chi connectivity index (χ0) is 12.5. The number of rotatable bonds is 6. The summed E-state index contributed by atoms with van der Waals surface area (Å²) < 4.78 is 5.10. The number of para-hydroxylation sites is 1. The van der Waals surface area contributed by atoms with Gasteiger partial charge >= 0.3 is 6.09 Å². The summed E-state index contributed by atoms with van der Waals surface area (Å²) >= 11 is 0. The van der Waals surface area contributed by atoms with E-state index in [0.29, 0.717) is 6.61 Å². The van der Waals surface area contributed by atoms with Gasteiger partial charge in [0.1, 0.15) is 0 Å². The van der Waals surface area contributed by atoms with E-state index < -0.39 is 0 Å². The van der Waals surface area contributed by atoms with Crippen molar-refractivity contribution in [3.8, 4) is 0 Å². The maximum absolute atomic E-state index is 11.5. The van der Waals surface area contributed by atoms with Crippen LogP contribution >= 0.6 is 0 Å². The molecular formula is C14H21NO2. The highest BCUT2D eigenvalue weighted by Crippen LogP contribution is 2.13. The lowest BCUT2D eigenvalue weighted by molar-refractivity contribution is 0.159. The topological polar surface area (TPSA) is 38.3 Å². The van der Waals surface area contributed by atoms with Crippen molar-refractivity contribution in [1.82, 2.24) is 0 Å². The smallest absolute Gasteiger partial charge is 0.411 e. The first-order valence-corrected chi connectivity index (χ1v) is 6.23. The van der Waals surface area contributed by atoms with Gasteiger partial charge in [-0.1, -0.05) is 44.4 Å². The number of anilines is 1. The molecule has 0 saturated carbocycles. The number of ether oxygens (including phenoxy) is 1. The van der Waals surface area contributed by atoms with Gasteiger partial charge in [0.05, 0.1) is 6.61 Å². The Morgan fingerprint density at radius 1 is 1.24 bits per heavy atom. The molecule has 0 bridgehead atoms. The van der Waals surface area contributed by atoms with Crippen molar-refractivity contribution in [3.63, 3.8) is 0 Å². The molecule has 0 aromatic heterocycles. The van der Waals surface area contributed by atoms with Gasteiger partial charge in [-0.15, -0.1) is 0 Å². The molecule has 1 aromatic carbocycles. The number of carbonyl (C=O) groups is 1. The van der Waals surface area contributed by atoms with Gasteiger partial charge < -0.3 is 4.74 Å². The lowest BCUT2D eigenvalue weighted by atomic mass is 10.2. The van der Waals surface area contributed by atoms with Gasteiger partial charge in [0.15, 0.2) is 0 Å². The highest BCUT2D eigenvalue weighted by atomic mass is 16.5. The molecule has 0 fully saturated rings. The van der Waals surface area contributed by atoms with Gasteiger partial charge in [-0.3, -0.25) is 5.32 Å². The fourth-order valence-corrected chi connectivity index (χ4v) is 1.55. The lowest BCUT2D eigenvalue weighted by Crippen LogP contribution is -2.15. The first-order chi connectivity index (χ1) is 8.24. The molecule has 3 heteroatoms. The molecule has 1 aromatic rings. The Bertz CT molecular complexity index is 350. The molecule has 1 amide bonds. The van der Waals surface area contributed by atoms with E-state index in [9.17, 15) is 4.79 Å².